The summed E-state index contributed by atoms with van der Waals surface area (Å²) in [5.74, 6) is 0.902. The van der Waals surface area contributed by atoms with Crippen molar-refractivity contribution in [2.24, 2.45) is 17.8 Å². The highest BCUT2D eigenvalue weighted by Gasteiger charge is 2.36. The van der Waals surface area contributed by atoms with Crippen LogP contribution >= 0.6 is 0 Å². The SMILES string of the molecule is CC(C)C(=O)[C@H](NC(=O)C1CC1)C1CCCCC1. The second-order valence-electron chi connectivity index (χ2n) is 6.22. The number of amides is 1. The van der Waals surface area contributed by atoms with Gasteiger partial charge < -0.3 is 5.32 Å². The Balaban J connectivity index is 2.00. The highest BCUT2D eigenvalue weighted by molar-refractivity contribution is 5.91. The van der Waals surface area contributed by atoms with Gasteiger partial charge in [-0.2, -0.15) is 0 Å². The zero-order valence-electron chi connectivity index (χ0n) is 11.6. The van der Waals surface area contributed by atoms with Crippen LogP contribution in [0, 0.1) is 17.8 Å². The maximum atomic E-state index is 12.3. The Kier molecular flexibility index (Phi) is 4.41. The van der Waals surface area contributed by atoms with E-state index in [0.717, 1.165) is 25.7 Å². The topological polar surface area (TPSA) is 46.2 Å². The van der Waals surface area contributed by atoms with Gasteiger partial charge in [-0.25, -0.2) is 0 Å². The molecule has 0 radical (unpaired) electrons. The number of hydrogen-bond acceptors (Lipinski definition) is 2. The van der Waals surface area contributed by atoms with Gasteiger partial charge in [0, 0.05) is 11.8 Å². The highest BCUT2D eigenvalue weighted by atomic mass is 16.2. The van der Waals surface area contributed by atoms with Crippen molar-refractivity contribution in [2.45, 2.75) is 64.8 Å². The summed E-state index contributed by atoms with van der Waals surface area (Å²) in [4.78, 5) is 24.2. The Bertz CT molecular complexity index is 314. The Hall–Kier alpha value is -0.860. The molecular weight excluding hydrogens is 226 g/mol. The summed E-state index contributed by atoms with van der Waals surface area (Å²) < 4.78 is 0. The van der Waals surface area contributed by atoms with Crippen molar-refractivity contribution >= 4 is 11.7 Å². The number of hydrogen-bond donors (Lipinski definition) is 1. The van der Waals surface area contributed by atoms with Crippen molar-refractivity contribution < 1.29 is 9.59 Å². The zero-order valence-corrected chi connectivity index (χ0v) is 11.6. The van der Waals surface area contributed by atoms with E-state index in [1.807, 2.05) is 13.8 Å². The van der Waals surface area contributed by atoms with Gasteiger partial charge in [-0.05, 0) is 31.6 Å². The maximum Gasteiger partial charge on any atom is 0.223 e. The summed E-state index contributed by atoms with van der Waals surface area (Å²) in [5, 5.41) is 3.04. The standard InChI is InChI=1S/C15H25NO2/c1-10(2)14(17)13(11-6-4-3-5-7-11)16-15(18)12-8-9-12/h10-13H,3-9H2,1-2H3,(H,16,18)/t13-/m1/s1. The summed E-state index contributed by atoms with van der Waals surface area (Å²) in [7, 11) is 0. The second kappa shape index (κ2) is 5.85. The lowest BCUT2D eigenvalue weighted by Gasteiger charge is -2.31. The van der Waals surface area contributed by atoms with Gasteiger partial charge in [0.2, 0.25) is 5.91 Å². The third kappa shape index (κ3) is 3.33. The molecule has 1 atom stereocenters. The first-order chi connectivity index (χ1) is 8.59. The Morgan fingerprint density at radius 1 is 1.00 bits per heavy atom. The molecule has 0 aromatic carbocycles. The minimum Gasteiger partial charge on any atom is -0.346 e. The molecular formula is C15H25NO2. The molecule has 1 N–H and O–H groups in total. The molecule has 2 aliphatic carbocycles. The van der Waals surface area contributed by atoms with E-state index in [-0.39, 0.29) is 29.6 Å². The summed E-state index contributed by atoms with van der Waals surface area (Å²) >= 11 is 0. The molecule has 0 aromatic rings. The molecule has 0 bridgehead atoms. The molecule has 0 saturated heterocycles. The fraction of sp³-hybridized carbons (Fsp3) is 0.867. The average molecular weight is 251 g/mol. The molecule has 3 heteroatoms. The van der Waals surface area contributed by atoms with E-state index < -0.39 is 0 Å². The van der Waals surface area contributed by atoms with Crippen molar-refractivity contribution in [2.75, 3.05) is 0 Å². The zero-order chi connectivity index (χ0) is 13.1. The summed E-state index contributed by atoms with van der Waals surface area (Å²) in [5.41, 5.74) is 0. The summed E-state index contributed by atoms with van der Waals surface area (Å²) in [6.07, 6.45) is 7.85. The third-order valence-electron chi connectivity index (χ3n) is 4.24. The van der Waals surface area contributed by atoms with E-state index in [9.17, 15) is 9.59 Å². The lowest BCUT2D eigenvalue weighted by Crippen LogP contribution is -2.48. The number of carbonyl (C=O) groups excluding carboxylic acids is 2. The monoisotopic (exact) mass is 251 g/mol. The normalized spacial score (nSPS) is 22.8. The second-order valence-corrected chi connectivity index (χ2v) is 6.22. The van der Waals surface area contributed by atoms with Crippen LogP contribution in [0.1, 0.15) is 58.8 Å². The van der Waals surface area contributed by atoms with Crippen LogP contribution in [-0.2, 0) is 9.59 Å². The van der Waals surface area contributed by atoms with Crippen molar-refractivity contribution in [1.82, 2.24) is 5.32 Å². The van der Waals surface area contributed by atoms with Crippen molar-refractivity contribution in [3.8, 4) is 0 Å². The molecule has 3 nitrogen and oxygen atoms in total. The van der Waals surface area contributed by atoms with Crippen LogP contribution in [0.3, 0.4) is 0 Å². The first kappa shape index (κ1) is 13.6. The minimum absolute atomic E-state index is 0.0106. The molecule has 0 aliphatic heterocycles. The fourth-order valence-corrected chi connectivity index (χ4v) is 2.86. The summed E-state index contributed by atoms with van der Waals surface area (Å²) in [6, 6.07) is -0.224. The van der Waals surface area contributed by atoms with Crippen molar-refractivity contribution in [1.29, 1.82) is 0 Å². The first-order valence-corrected chi connectivity index (χ1v) is 7.43. The van der Waals surface area contributed by atoms with Gasteiger partial charge in [-0.1, -0.05) is 33.1 Å². The molecule has 0 aromatic heterocycles. The number of carbonyl (C=O) groups is 2. The lowest BCUT2D eigenvalue weighted by atomic mass is 9.80. The first-order valence-electron chi connectivity index (χ1n) is 7.43. The maximum absolute atomic E-state index is 12.3. The smallest absolute Gasteiger partial charge is 0.223 e. The van der Waals surface area contributed by atoms with Crippen LogP contribution in [0.4, 0.5) is 0 Å². The van der Waals surface area contributed by atoms with Crippen LogP contribution in [0.2, 0.25) is 0 Å². The molecule has 0 heterocycles. The quantitative estimate of drug-likeness (QED) is 0.816. The predicted molar refractivity (Wildman–Crippen MR) is 71.1 cm³/mol. The van der Waals surface area contributed by atoms with Crippen molar-refractivity contribution in [3.05, 3.63) is 0 Å². The minimum atomic E-state index is -0.224. The molecule has 2 saturated carbocycles. The number of rotatable bonds is 5. The lowest BCUT2D eigenvalue weighted by molar-refractivity contribution is -0.131. The van der Waals surface area contributed by atoms with Gasteiger partial charge in [0.25, 0.3) is 0 Å². The largest absolute Gasteiger partial charge is 0.346 e. The Morgan fingerprint density at radius 3 is 2.11 bits per heavy atom. The van der Waals surface area contributed by atoms with Gasteiger partial charge in [0.15, 0.2) is 5.78 Å². The van der Waals surface area contributed by atoms with E-state index in [1.54, 1.807) is 0 Å². The predicted octanol–water partition coefficient (Wildman–Crippen LogP) is 2.69. The van der Waals surface area contributed by atoms with Gasteiger partial charge in [-0.3, -0.25) is 9.59 Å². The molecule has 102 valence electrons. The van der Waals surface area contributed by atoms with E-state index in [4.69, 9.17) is 0 Å². The van der Waals surface area contributed by atoms with Crippen molar-refractivity contribution in [3.63, 3.8) is 0 Å². The Labute approximate surface area is 110 Å². The summed E-state index contributed by atoms with van der Waals surface area (Å²) in [6.45, 7) is 3.86. The van der Waals surface area contributed by atoms with E-state index in [2.05, 4.69) is 5.32 Å². The van der Waals surface area contributed by atoms with E-state index in [1.165, 1.54) is 19.3 Å². The van der Waals surface area contributed by atoms with Crippen LogP contribution in [-0.4, -0.2) is 17.7 Å². The molecule has 18 heavy (non-hydrogen) atoms. The third-order valence-corrected chi connectivity index (χ3v) is 4.24. The van der Waals surface area contributed by atoms with Crippen LogP contribution < -0.4 is 5.32 Å². The fourth-order valence-electron chi connectivity index (χ4n) is 2.86. The molecule has 0 spiro atoms. The molecule has 1 amide bonds. The van der Waals surface area contributed by atoms with E-state index >= 15 is 0 Å². The number of nitrogens with one attached hydrogen (secondary N) is 1. The number of Topliss-reactive ketones (excluding diaryl/α,β-unsaturated/α-hetero) is 1. The van der Waals surface area contributed by atoms with Gasteiger partial charge in [0.1, 0.15) is 0 Å². The molecule has 2 aliphatic rings. The number of ketones is 1. The molecule has 2 rings (SSSR count). The van der Waals surface area contributed by atoms with Gasteiger partial charge >= 0.3 is 0 Å². The van der Waals surface area contributed by atoms with Gasteiger partial charge in [-0.15, -0.1) is 0 Å². The molecule has 2 fully saturated rings. The Morgan fingerprint density at radius 2 is 1.61 bits per heavy atom. The molecule has 0 unspecified atom stereocenters. The van der Waals surface area contributed by atoms with Crippen LogP contribution in [0.15, 0.2) is 0 Å². The van der Waals surface area contributed by atoms with Crippen LogP contribution in [0.5, 0.6) is 0 Å². The van der Waals surface area contributed by atoms with E-state index in [0.29, 0.717) is 5.92 Å². The average Bonchev–Trinajstić information content (AvgIpc) is 3.20. The van der Waals surface area contributed by atoms with Crippen LogP contribution in [0.25, 0.3) is 0 Å². The van der Waals surface area contributed by atoms with Gasteiger partial charge in [0.05, 0.1) is 6.04 Å². The highest BCUT2D eigenvalue weighted by Crippen LogP contribution is 2.31.